The summed E-state index contributed by atoms with van der Waals surface area (Å²) in [5, 5.41) is 0. The van der Waals surface area contributed by atoms with Gasteiger partial charge < -0.3 is 4.74 Å². The zero-order valence-electron chi connectivity index (χ0n) is 9.33. The largest absolute Gasteiger partial charge is 0.493 e. The minimum absolute atomic E-state index is 0.164. The van der Waals surface area contributed by atoms with Crippen LogP contribution >= 0.6 is 0 Å². The first kappa shape index (κ1) is 11.1. The highest BCUT2D eigenvalue weighted by molar-refractivity contribution is 5.96. The lowest BCUT2D eigenvalue weighted by Gasteiger charge is -2.25. The molecule has 86 valence electrons. The first-order valence-corrected chi connectivity index (χ1v) is 5.60. The quantitative estimate of drug-likeness (QED) is 0.731. The summed E-state index contributed by atoms with van der Waals surface area (Å²) in [5.41, 5.74) is 0.333. The van der Waals surface area contributed by atoms with Gasteiger partial charge in [0.25, 0.3) is 0 Å². The summed E-state index contributed by atoms with van der Waals surface area (Å²) in [6.45, 7) is 2.05. The number of ketones is 1. The van der Waals surface area contributed by atoms with Gasteiger partial charge in [0.05, 0.1) is 12.2 Å². The highest BCUT2D eigenvalue weighted by atomic mass is 19.1. The van der Waals surface area contributed by atoms with E-state index in [-0.39, 0.29) is 5.78 Å². The van der Waals surface area contributed by atoms with Crippen LogP contribution in [-0.2, 0) is 0 Å². The topological polar surface area (TPSA) is 26.3 Å². The molecule has 0 spiro atoms. The van der Waals surface area contributed by atoms with Crippen molar-refractivity contribution < 1.29 is 13.9 Å². The van der Waals surface area contributed by atoms with Crippen molar-refractivity contribution in [1.29, 1.82) is 0 Å². The number of carbonyl (C=O) groups excluding carboxylic acids is 1. The highest BCUT2D eigenvalue weighted by Gasteiger charge is 2.19. The molecule has 1 fully saturated rings. The van der Waals surface area contributed by atoms with Gasteiger partial charge >= 0.3 is 0 Å². The van der Waals surface area contributed by atoms with E-state index in [4.69, 9.17) is 4.74 Å². The van der Waals surface area contributed by atoms with Crippen LogP contribution in [0.15, 0.2) is 18.2 Å². The zero-order chi connectivity index (χ0) is 11.5. The first-order valence-electron chi connectivity index (χ1n) is 5.60. The van der Waals surface area contributed by atoms with Crippen molar-refractivity contribution in [2.75, 3.05) is 6.61 Å². The van der Waals surface area contributed by atoms with Crippen molar-refractivity contribution in [2.24, 2.45) is 5.92 Å². The van der Waals surface area contributed by atoms with Gasteiger partial charge in [0.1, 0.15) is 11.6 Å². The molecule has 1 aliphatic carbocycles. The van der Waals surface area contributed by atoms with Crippen molar-refractivity contribution in [1.82, 2.24) is 0 Å². The van der Waals surface area contributed by atoms with Crippen LogP contribution in [-0.4, -0.2) is 12.4 Å². The summed E-state index contributed by atoms with van der Waals surface area (Å²) >= 11 is 0. The van der Waals surface area contributed by atoms with Crippen LogP contribution < -0.4 is 4.74 Å². The second kappa shape index (κ2) is 4.64. The Morgan fingerprint density at radius 2 is 2.25 bits per heavy atom. The van der Waals surface area contributed by atoms with E-state index in [1.165, 1.54) is 44.4 Å². The number of benzene rings is 1. The fourth-order valence-corrected chi connectivity index (χ4v) is 1.77. The van der Waals surface area contributed by atoms with Gasteiger partial charge in [-0.3, -0.25) is 4.79 Å². The Kier molecular flexibility index (Phi) is 3.22. The minimum Gasteiger partial charge on any atom is -0.493 e. The van der Waals surface area contributed by atoms with Crippen molar-refractivity contribution in [3.05, 3.63) is 29.6 Å². The number of ether oxygens (including phenoxy) is 1. The van der Waals surface area contributed by atoms with E-state index in [0.29, 0.717) is 23.8 Å². The van der Waals surface area contributed by atoms with Crippen LogP contribution in [0.25, 0.3) is 0 Å². The molecule has 0 unspecified atom stereocenters. The Bertz CT molecular complexity index is 397. The molecule has 16 heavy (non-hydrogen) atoms. The average Bonchev–Trinajstić information content (AvgIpc) is 2.17. The molecule has 3 heteroatoms. The maximum atomic E-state index is 13.0. The van der Waals surface area contributed by atoms with Crippen LogP contribution in [0.2, 0.25) is 0 Å². The summed E-state index contributed by atoms with van der Waals surface area (Å²) in [7, 11) is 0. The third-order valence-corrected chi connectivity index (χ3v) is 3.02. The summed E-state index contributed by atoms with van der Waals surface area (Å²) in [5.74, 6) is 0.537. The molecule has 0 radical (unpaired) electrons. The van der Waals surface area contributed by atoms with Crippen LogP contribution in [0.1, 0.15) is 36.5 Å². The average molecular weight is 222 g/mol. The lowest BCUT2D eigenvalue weighted by atomic mass is 9.86. The van der Waals surface area contributed by atoms with Crippen LogP contribution in [0, 0.1) is 11.7 Å². The van der Waals surface area contributed by atoms with E-state index in [2.05, 4.69) is 0 Å². The minimum atomic E-state index is -0.402. The Labute approximate surface area is 94.4 Å². The summed E-state index contributed by atoms with van der Waals surface area (Å²) < 4.78 is 18.5. The molecule has 0 aromatic heterocycles. The Morgan fingerprint density at radius 3 is 2.81 bits per heavy atom. The van der Waals surface area contributed by atoms with Crippen LogP contribution in [0.5, 0.6) is 5.75 Å². The lowest BCUT2D eigenvalue weighted by Crippen LogP contribution is -2.19. The van der Waals surface area contributed by atoms with Gasteiger partial charge in [-0.1, -0.05) is 6.42 Å². The molecule has 2 nitrogen and oxygen atoms in total. The maximum Gasteiger partial charge on any atom is 0.163 e. The van der Waals surface area contributed by atoms with E-state index in [1.807, 2.05) is 0 Å². The van der Waals surface area contributed by atoms with E-state index in [9.17, 15) is 9.18 Å². The predicted molar refractivity (Wildman–Crippen MR) is 59.2 cm³/mol. The van der Waals surface area contributed by atoms with Crippen molar-refractivity contribution in [2.45, 2.75) is 26.2 Å². The molecule has 1 aromatic carbocycles. The molecule has 0 heterocycles. The van der Waals surface area contributed by atoms with Crippen molar-refractivity contribution in [3.63, 3.8) is 0 Å². The van der Waals surface area contributed by atoms with Gasteiger partial charge in [0.15, 0.2) is 5.78 Å². The first-order chi connectivity index (χ1) is 7.66. The van der Waals surface area contributed by atoms with Gasteiger partial charge in [-0.15, -0.1) is 0 Å². The molecule has 0 bridgehead atoms. The van der Waals surface area contributed by atoms with Crippen molar-refractivity contribution in [3.8, 4) is 5.75 Å². The molecule has 0 N–H and O–H groups in total. The Balaban J connectivity index is 2.08. The van der Waals surface area contributed by atoms with Crippen LogP contribution in [0.3, 0.4) is 0 Å². The Hall–Kier alpha value is -1.38. The third-order valence-electron chi connectivity index (χ3n) is 3.02. The summed E-state index contributed by atoms with van der Waals surface area (Å²) in [6.07, 6.45) is 3.64. The molecule has 1 aliphatic rings. The van der Waals surface area contributed by atoms with Gasteiger partial charge in [-0.2, -0.15) is 0 Å². The summed E-state index contributed by atoms with van der Waals surface area (Å²) in [4.78, 5) is 11.3. The molecule has 0 atom stereocenters. The van der Waals surface area contributed by atoms with E-state index >= 15 is 0 Å². The molecular weight excluding hydrogens is 207 g/mol. The molecule has 0 amide bonds. The van der Waals surface area contributed by atoms with Crippen LogP contribution in [0.4, 0.5) is 4.39 Å². The third kappa shape index (κ3) is 2.40. The molecule has 1 aromatic rings. The van der Waals surface area contributed by atoms with Gasteiger partial charge in [-0.25, -0.2) is 4.39 Å². The van der Waals surface area contributed by atoms with Gasteiger partial charge in [0, 0.05) is 0 Å². The number of hydrogen-bond donors (Lipinski definition) is 0. The molecule has 0 aliphatic heterocycles. The van der Waals surface area contributed by atoms with E-state index < -0.39 is 5.82 Å². The second-order valence-corrected chi connectivity index (χ2v) is 4.30. The highest BCUT2D eigenvalue weighted by Crippen LogP contribution is 2.28. The van der Waals surface area contributed by atoms with E-state index in [0.717, 1.165) is 0 Å². The standard InChI is InChI=1S/C13H15FO2/c1-9(15)12-7-11(14)5-6-13(12)16-8-10-3-2-4-10/h5-7,10H,2-4,8H2,1H3. The Morgan fingerprint density at radius 1 is 1.50 bits per heavy atom. The molecule has 1 saturated carbocycles. The summed E-state index contributed by atoms with van der Waals surface area (Å²) in [6, 6.07) is 4.09. The maximum absolute atomic E-state index is 13.0. The van der Waals surface area contributed by atoms with Crippen molar-refractivity contribution >= 4 is 5.78 Å². The molecule has 0 saturated heterocycles. The lowest BCUT2D eigenvalue weighted by molar-refractivity contribution is 0.101. The monoisotopic (exact) mass is 222 g/mol. The number of Topliss-reactive ketones (excluding diaryl/α,β-unsaturated/α-hetero) is 1. The fourth-order valence-electron chi connectivity index (χ4n) is 1.77. The van der Waals surface area contributed by atoms with Gasteiger partial charge in [-0.05, 0) is 43.9 Å². The zero-order valence-corrected chi connectivity index (χ0v) is 9.33. The van der Waals surface area contributed by atoms with E-state index in [1.54, 1.807) is 0 Å². The normalized spacial score (nSPS) is 15.6. The number of halogens is 1. The van der Waals surface area contributed by atoms with Gasteiger partial charge in [0.2, 0.25) is 0 Å². The smallest absolute Gasteiger partial charge is 0.163 e. The number of rotatable bonds is 4. The SMILES string of the molecule is CC(=O)c1cc(F)ccc1OCC1CCC1. The second-order valence-electron chi connectivity index (χ2n) is 4.30. The number of hydrogen-bond acceptors (Lipinski definition) is 2. The molecule has 2 rings (SSSR count). The molecular formula is C13H15FO2. The predicted octanol–water partition coefficient (Wildman–Crippen LogP) is 3.21. The fraction of sp³-hybridized carbons (Fsp3) is 0.462. The number of carbonyl (C=O) groups is 1.